The van der Waals surface area contributed by atoms with Gasteiger partial charge in [-0.2, -0.15) is 0 Å². The zero-order chi connectivity index (χ0) is 13.1. The molecule has 18 heavy (non-hydrogen) atoms. The first kappa shape index (κ1) is 13.0. The molecule has 0 amide bonds. The van der Waals surface area contributed by atoms with Gasteiger partial charge in [0.2, 0.25) is 0 Å². The van der Waals surface area contributed by atoms with Crippen molar-refractivity contribution in [2.45, 2.75) is 18.8 Å². The molecule has 100 valence electrons. The molecule has 1 aromatic rings. The van der Waals surface area contributed by atoms with Crippen LogP contribution in [-0.4, -0.2) is 60.6 Å². The van der Waals surface area contributed by atoms with Crippen molar-refractivity contribution in [1.82, 2.24) is 10.1 Å². The molecule has 2 rings (SSSR count). The SMILES string of the molecule is COC1CN(Cc2cc(C(=O)O)no2)CC1OC. The third-order valence-corrected chi connectivity index (χ3v) is 3.05. The van der Waals surface area contributed by atoms with E-state index < -0.39 is 5.97 Å². The second-order valence-electron chi connectivity index (χ2n) is 4.23. The van der Waals surface area contributed by atoms with Gasteiger partial charge in [-0.1, -0.05) is 5.16 Å². The number of carbonyl (C=O) groups is 1. The highest BCUT2D eigenvalue weighted by Gasteiger charge is 2.33. The molecule has 0 radical (unpaired) electrons. The molecule has 1 N–H and O–H groups in total. The standard InChI is InChI=1S/C11H16N2O5/c1-16-9-5-13(6-10(9)17-2)4-7-3-8(11(14)15)12-18-7/h3,9-10H,4-6H2,1-2H3,(H,14,15). The lowest BCUT2D eigenvalue weighted by atomic mass is 10.3. The largest absolute Gasteiger partial charge is 0.476 e. The molecular formula is C11H16N2O5. The summed E-state index contributed by atoms with van der Waals surface area (Å²) in [6, 6.07) is 1.43. The van der Waals surface area contributed by atoms with Gasteiger partial charge in [0.1, 0.15) is 0 Å². The normalized spacial score (nSPS) is 24.6. The van der Waals surface area contributed by atoms with E-state index >= 15 is 0 Å². The average Bonchev–Trinajstić information content (AvgIpc) is 2.95. The number of hydrogen-bond donors (Lipinski definition) is 1. The summed E-state index contributed by atoms with van der Waals surface area (Å²) in [5.74, 6) is -0.560. The van der Waals surface area contributed by atoms with Crippen LogP contribution in [0.3, 0.4) is 0 Å². The van der Waals surface area contributed by atoms with Gasteiger partial charge in [0, 0.05) is 33.4 Å². The maximum Gasteiger partial charge on any atom is 0.358 e. The van der Waals surface area contributed by atoms with Gasteiger partial charge in [0.05, 0.1) is 18.8 Å². The van der Waals surface area contributed by atoms with Gasteiger partial charge in [0.25, 0.3) is 0 Å². The third kappa shape index (κ3) is 2.69. The van der Waals surface area contributed by atoms with Crippen molar-refractivity contribution in [1.29, 1.82) is 0 Å². The van der Waals surface area contributed by atoms with Gasteiger partial charge in [-0.3, -0.25) is 4.90 Å². The molecule has 0 bridgehead atoms. The molecule has 0 saturated carbocycles. The van der Waals surface area contributed by atoms with Crippen molar-refractivity contribution < 1.29 is 23.9 Å². The summed E-state index contributed by atoms with van der Waals surface area (Å²) in [7, 11) is 3.30. The first-order valence-electron chi connectivity index (χ1n) is 5.61. The first-order chi connectivity index (χ1) is 8.63. The number of nitrogens with zero attached hydrogens (tertiary/aromatic N) is 2. The summed E-state index contributed by atoms with van der Waals surface area (Å²) >= 11 is 0. The van der Waals surface area contributed by atoms with Gasteiger partial charge in [-0.25, -0.2) is 4.79 Å². The molecule has 2 atom stereocenters. The molecule has 7 heteroatoms. The maximum atomic E-state index is 10.7. The van der Waals surface area contributed by atoms with Gasteiger partial charge >= 0.3 is 5.97 Å². The summed E-state index contributed by atoms with van der Waals surface area (Å²) in [6.45, 7) is 1.94. The van der Waals surface area contributed by atoms with Crippen LogP contribution in [-0.2, 0) is 16.0 Å². The third-order valence-electron chi connectivity index (χ3n) is 3.05. The summed E-state index contributed by atoms with van der Waals surface area (Å²) < 4.78 is 15.6. The van der Waals surface area contributed by atoms with E-state index in [0.29, 0.717) is 12.3 Å². The molecule has 1 aliphatic heterocycles. The summed E-state index contributed by atoms with van der Waals surface area (Å²) in [5.41, 5.74) is -0.0734. The zero-order valence-corrected chi connectivity index (χ0v) is 10.3. The number of methoxy groups -OCH3 is 2. The molecule has 1 fully saturated rings. The predicted octanol–water partition coefficient (Wildman–Crippen LogP) is 0.218. The molecule has 7 nitrogen and oxygen atoms in total. The van der Waals surface area contributed by atoms with E-state index in [4.69, 9.17) is 19.1 Å². The van der Waals surface area contributed by atoms with Gasteiger partial charge < -0.3 is 19.1 Å². The summed E-state index contributed by atoms with van der Waals surface area (Å²) in [5, 5.41) is 12.2. The Morgan fingerprint density at radius 2 is 2.11 bits per heavy atom. The Bertz CT molecular complexity index is 407. The molecule has 2 heterocycles. The van der Waals surface area contributed by atoms with Crippen LogP contribution in [0.25, 0.3) is 0 Å². The number of aromatic carboxylic acids is 1. The highest BCUT2D eigenvalue weighted by Crippen LogP contribution is 2.18. The molecular weight excluding hydrogens is 240 g/mol. The highest BCUT2D eigenvalue weighted by molar-refractivity contribution is 5.85. The van der Waals surface area contributed by atoms with Crippen molar-refractivity contribution in [3.8, 4) is 0 Å². The zero-order valence-electron chi connectivity index (χ0n) is 10.3. The van der Waals surface area contributed by atoms with E-state index in [0.717, 1.165) is 13.1 Å². The Labute approximate surface area is 104 Å². The number of aromatic nitrogens is 1. The maximum absolute atomic E-state index is 10.7. The van der Waals surface area contributed by atoms with Crippen LogP contribution in [0.1, 0.15) is 16.2 Å². The van der Waals surface area contributed by atoms with Gasteiger partial charge in [0.15, 0.2) is 11.5 Å². The smallest absolute Gasteiger partial charge is 0.358 e. The van der Waals surface area contributed by atoms with Crippen molar-refractivity contribution in [2.24, 2.45) is 0 Å². The monoisotopic (exact) mass is 256 g/mol. The van der Waals surface area contributed by atoms with E-state index in [1.165, 1.54) is 6.07 Å². The molecule has 1 saturated heterocycles. The van der Waals surface area contributed by atoms with Gasteiger partial charge in [-0.05, 0) is 0 Å². The Morgan fingerprint density at radius 1 is 1.50 bits per heavy atom. The van der Waals surface area contributed by atoms with Crippen molar-refractivity contribution in [2.75, 3.05) is 27.3 Å². The number of carboxylic acid groups (broad SMARTS) is 1. The average molecular weight is 256 g/mol. The van der Waals surface area contributed by atoms with Crippen LogP contribution >= 0.6 is 0 Å². The first-order valence-corrected chi connectivity index (χ1v) is 5.61. The predicted molar refractivity (Wildman–Crippen MR) is 60.3 cm³/mol. The van der Waals surface area contributed by atoms with E-state index in [2.05, 4.69) is 10.1 Å². The lowest BCUT2D eigenvalue weighted by Crippen LogP contribution is -2.27. The molecule has 0 spiro atoms. The molecule has 0 aromatic carbocycles. The van der Waals surface area contributed by atoms with Crippen molar-refractivity contribution >= 4 is 5.97 Å². The lowest BCUT2D eigenvalue weighted by Gasteiger charge is -2.13. The highest BCUT2D eigenvalue weighted by atomic mass is 16.5. The number of rotatable bonds is 5. The minimum Gasteiger partial charge on any atom is -0.476 e. The fourth-order valence-electron chi connectivity index (χ4n) is 2.11. The van der Waals surface area contributed by atoms with Gasteiger partial charge in [-0.15, -0.1) is 0 Å². The van der Waals surface area contributed by atoms with Crippen molar-refractivity contribution in [3.63, 3.8) is 0 Å². The Hall–Kier alpha value is -1.44. The van der Waals surface area contributed by atoms with E-state index in [-0.39, 0.29) is 17.9 Å². The Kier molecular flexibility index (Phi) is 3.95. The second kappa shape index (κ2) is 5.47. The number of ether oxygens (including phenoxy) is 2. The van der Waals surface area contributed by atoms with E-state index in [1.54, 1.807) is 14.2 Å². The molecule has 0 aliphatic carbocycles. The van der Waals surface area contributed by atoms with Crippen LogP contribution < -0.4 is 0 Å². The fraction of sp³-hybridized carbons (Fsp3) is 0.636. The summed E-state index contributed by atoms with van der Waals surface area (Å²) in [6.07, 6.45) is 0.0498. The number of hydrogen-bond acceptors (Lipinski definition) is 6. The van der Waals surface area contributed by atoms with E-state index in [9.17, 15) is 4.79 Å². The number of likely N-dealkylation sites (tertiary alicyclic amines) is 1. The van der Waals surface area contributed by atoms with E-state index in [1.807, 2.05) is 0 Å². The van der Waals surface area contributed by atoms with Crippen LogP contribution in [0, 0.1) is 0 Å². The quantitative estimate of drug-likeness (QED) is 0.806. The Morgan fingerprint density at radius 3 is 2.56 bits per heavy atom. The second-order valence-corrected chi connectivity index (χ2v) is 4.23. The molecule has 1 aromatic heterocycles. The van der Waals surface area contributed by atoms with Crippen LogP contribution in [0.4, 0.5) is 0 Å². The number of carboxylic acids is 1. The molecule has 2 unspecified atom stereocenters. The van der Waals surface area contributed by atoms with Crippen molar-refractivity contribution in [3.05, 3.63) is 17.5 Å². The fourth-order valence-corrected chi connectivity index (χ4v) is 2.11. The van der Waals surface area contributed by atoms with Crippen LogP contribution in [0.5, 0.6) is 0 Å². The minimum absolute atomic E-state index is 0.0249. The Balaban J connectivity index is 1.95. The minimum atomic E-state index is -1.09. The lowest BCUT2D eigenvalue weighted by molar-refractivity contribution is -0.00461. The van der Waals surface area contributed by atoms with Crippen LogP contribution in [0.2, 0.25) is 0 Å². The van der Waals surface area contributed by atoms with Crippen LogP contribution in [0.15, 0.2) is 10.6 Å². The summed E-state index contributed by atoms with van der Waals surface area (Å²) in [4.78, 5) is 12.7. The topological polar surface area (TPSA) is 85.0 Å². The molecule has 1 aliphatic rings.